The van der Waals surface area contributed by atoms with E-state index in [0.29, 0.717) is 0 Å². The van der Waals surface area contributed by atoms with E-state index in [1.807, 2.05) is 0 Å². The van der Waals surface area contributed by atoms with Gasteiger partial charge >= 0.3 is 0 Å². The van der Waals surface area contributed by atoms with Crippen molar-refractivity contribution in [1.82, 2.24) is 0 Å². The number of carbonyl (C=O) groups is 5. The first-order valence-corrected chi connectivity index (χ1v) is 10.8. The van der Waals surface area contributed by atoms with Gasteiger partial charge in [0.15, 0.2) is 0 Å². The van der Waals surface area contributed by atoms with Gasteiger partial charge in [0, 0.05) is 75.5 Å². The van der Waals surface area contributed by atoms with Crippen molar-refractivity contribution in [3.63, 3.8) is 0 Å². The standard InChI is InChI=1S/5C5H10O2.V/c5*1-5(2,3)4(6)7;/h5*1-3H3,(H,6,7);/p-5. The van der Waals surface area contributed by atoms with Gasteiger partial charge < -0.3 is 49.5 Å². The third kappa shape index (κ3) is 39.2. The summed E-state index contributed by atoms with van der Waals surface area (Å²) in [6.07, 6.45) is 0. The van der Waals surface area contributed by atoms with E-state index in [0.717, 1.165) is 0 Å². The van der Waals surface area contributed by atoms with Crippen molar-refractivity contribution in [3.05, 3.63) is 0 Å². The van der Waals surface area contributed by atoms with Crippen LogP contribution in [0.2, 0.25) is 0 Å². The van der Waals surface area contributed by atoms with Gasteiger partial charge in [-0.25, -0.2) is 0 Å². The molecule has 1 radical (unpaired) electrons. The Morgan fingerprint density at radius 2 is 0.333 bits per heavy atom. The van der Waals surface area contributed by atoms with Gasteiger partial charge in [0.05, 0.1) is 0 Å². The van der Waals surface area contributed by atoms with Gasteiger partial charge in [-0.15, -0.1) is 0 Å². The van der Waals surface area contributed by atoms with Crippen LogP contribution >= 0.6 is 0 Å². The number of carbonyl (C=O) groups excluding carboxylic acids is 5. The van der Waals surface area contributed by atoms with E-state index < -0.39 is 56.9 Å². The molecule has 36 heavy (non-hydrogen) atoms. The summed E-state index contributed by atoms with van der Waals surface area (Å²) >= 11 is 0. The Morgan fingerprint density at radius 3 is 0.333 bits per heavy atom. The maximum atomic E-state index is 9.91. The molecule has 0 aliphatic rings. The minimum absolute atomic E-state index is 0. The van der Waals surface area contributed by atoms with Crippen LogP contribution in [0.3, 0.4) is 0 Å². The van der Waals surface area contributed by atoms with Crippen molar-refractivity contribution in [1.29, 1.82) is 0 Å². The Morgan fingerprint density at radius 1 is 0.306 bits per heavy atom. The first kappa shape index (κ1) is 47.2. The van der Waals surface area contributed by atoms with Gasteiger partial charge in [-0.3, -0.25) is 0 Å². The summed E-state index contributed by atoms with van der Waals surface area (Å²) in [6.45, 7) is 24.0. The molecule has 0 aliphatic heterocycles. The number of rotatable bonds is 0. The Labute approximate surface area is 228 Å². The van der Waals surface area contributed by atoms with Gasteiger partial charge in [0.25, 0.3) is 0 Å². The second kappa shape index (κ2) is 18.2. The molecule has 0 aromatic carbocycles. The minimum Gasteiger partial charge on any atom is -0.550 e. The normalized spacial score (nSPS) is 11.0. The molecule has 0 heterocycles. The first-order valence-electron chi connectivity index (χ1n) is 10.8. The molecule has 0 atom stereocenters. The fraction of sp³-hybridized carbons (Fsp3) is 0.800. The van der Waals surface area contributed by atoms with E-state index >= 15 is 0 Å². The second-order valence-corrected chi connectivity index (χ2v) is 12.7. The van der Waals surface area contributed by atoms with Gasteiger partial charge in [-0.1, -0.05) is 104 Å². The largest absolute Gasteiger partial charge is 0.550 e. The maximum absolute atomic E-state index is 9.91. The molecular formula is C25H45O10V-5. The molecule has 0 amide bonds. The third-order valence-corrected chi connectivity index (χ3v) is 3.06. The third-order valence-electron chi connectivity index (χ3n) is 3.06. The zero-order valence-corrected chi connectivity index (χ0v) is 25.9. The van der Waals surface area contributed by atoms with Crippen molar-refractivity contribution in [2.45, 2.75) is 104 Å². The molecule has 0 saturated heterocycles. The summed E-state index contributed by atoms with van der Waals surface area (Å²) in [5.41, 5.74) is -3.47. The fourth-order valence-corrected chi connectivity index (χ4v) is 0. The van der Waals surface area contributed by atoms with Crippen LogP contribution in [0.15, 0.2) is 0 Å². The van der Waals surface area contributed by atoms with Crippen LogP contribution in [0.1, 0.15) is 104 Å². The van der Waals surface area contributed by atoms with Gasteiger partial charge in [0.1, 0.15) is 0 Å². The predicted octanol–water partition coefficient (Wildman–Crippen LogP) is -1.09. The van der Waals surface area contributed by atoms with E-state index in [4.69, 9.17) is 0 Å². The molecule has 0 unspecified atom stereocenters. The Kier molecular flexibility index (Phi) is 23.9. The van der Waals surface area contributed by atoms with Crippen LogP contribution in [0.5, 0.6) is 0 Å². The molecule has 0 rings (SSSR count). The van der Waals surface area contributed by atoms with Gasteiger partial charge in [0.2, 0.25) is 0 Å². The summed E-state index contributed by atoms with van der Waals surface area (Å²) in [6, 6.07) is 0. The number of hydrogen-bond acceptors (Lipinski definition) is 10. The van der Waals surface area contributed by atoms with Gasteiger partial charge in [-0.05, 0) is 0 Å². The van der Waals surface area contributed by atoms with Crippen molar-refractivity contribution >= 4 is 29.8 Å². The number of carboxylic acids is 5. The molecule has 0 N–H and O–H groups in total. The molecule has 0 aliphatic carbocycles. The van der Waals surface area contributed by atoms with Gasteiger partial charge in [-0.2, -0.15) is 0 Å². The Bertz CT molecular complexity index is 539. The van der Waals surface area contributed by atoms with Crippen LogP contribution < -0.4 is 25.5 Å². The summed E-state index contributed by atoms with van der Waals surface area (Å²) in [7, 11) is 0. The predicted molar refractivity (Wildman–Crippen MR) is 122 cm³/mol. The monoisotopic (exact) mass is 556 g/mol. The van der Waals surface area contributed by atoms with Crippen molar-refractivity contribution in [2.24, 2.45) is 27.1 Å². The average molecular weight is 557 g/mol. The zero-order chi connectivity index (χ0) is 30.4. The summed E-state index contributed by atoms with van der Waals surface area (Å²) in [5.74, 6) is -5.03. The molecule has 0 saturated carbocycles. The summed E-state index contributed by atoms with van der Waals surface area (Å²) in [5, 5.41) is 49.5. The average Bonchev–Trinajstić information content (AvgIpc) is 2.52. The van der Waals surface area contributed by atoms with E-state index in [1.165, 1.54) is 0 Å². The summed E-state index contributed by atoms with van der Waals surface area (Å²) in [4.78, 5) is 49.5. The van der Waals surface area contributed by atoms with Crippen molar-refractivity contribution in [3.8, 4) is 0 Å². The molecular weight excluding hydrogens is 511 g/mol. The Balaban J connectivity index is -0.0000000776. The molecule has 0 aromatic rings. The smallest absolute Gasteiger partial charge is 0.0467 e. The molecule has 0 bridgehead atoms. The maximum Gasteiger partial charge on any atom is 0.0467 e. The number of carboxylic acid groups (broad SMARTS) is 5. The molecule has 0 spiro atoms. The topological polar surface area (TPSA) is 201 Å². The van der Waals surface area contributed by atoms with E-state index in [9.17, 15) is 49.5 Å². The number of aliphatic carboxylic acids is 5. The van der Waals surface area contributed by atoms with Crippen LogP contribution in [0.25, 0.3) is 0 Å². The van der Waals surface area contributed by atoms with Crippen LogP contribution in [-0.2, 0) is 42.5 Å². The Hall–Kier alpha value is -2.07. The first-order chi connectivity index (χ1) is 14.7. The second-order valence-electron chi connectivity index (χ2n) is 12.7. The molecule has 0 fully saturated rings. The van der Waals surface area contributed by atoms with Crippen LogP contribution in [0.4, 0.5) is 0 Å². The minimum atomic E-state index is -1.01. The van der Waals surface area contributed by atoms with E-state index in [1.54, 1.807) is 104 Å². The number of hydrogen-bond donors (Lipinski definition) is 0. The molecule has 215 valence electrons. The molecule has 0 aromatic heterocycles. The zero-order valence-electron chi connectivity index (χ0n) is 24.5. The van der Waals surface area contributed by atoms with Crippen molar-refractivity contribution < 1.29 is 68.1 Å². The van der Waals surface area contributed by atoms with Crippen LogP contribution in [-0.4, -0.2) is 29.8 Å². The SMILES string of the molecule is CC(C)(C)C(=O)[O-].CC(C)(C)C(=O)[O-].CC(C)(C)C(=O)[O-].CC(C)(C)C(=O)[O-].CC(C)(C)C(=O)[O-].[V]. The van der Waals surface area contributed by atoms with E-state index in [-0.39, 0.29) is 18.6 Å². The van der Waals surface area contributed by atoms with Crippen molar-refractivity contribution in [2.75, 3.05) is 0 Å². The molecule has 11 heteroatoms. The van der Waals surface area contributed by atoms with Crippen LogP contribution in [0, 0.1) is 27.1 Å². The van der Waals surface area contributed by atoms with E-state index in [2.05, 4.69) is 0 Å². The quantitative estimate of drug-likeness (QED) is 0.353. The summed E-state index contributed by atoms with van der Waals surface area (Å²) < 4.78 is 0. The molecule has 10 nitrogen and oxygen atoms in total. The fourth-order valence-electron chi connectivity index (χ4n) is 0.